The van der Waals surface area contributed by atoms with Crippen molar-refractivity contribution in [2.45, 2.75) is 40.2 Å². The first kappa shape index (κ1) is 18.6. The molecule has 0 bridgehead atoms. The number of benzene rings is 1. The Bertz CT molecular complexity index is 933. The van der Waals surface area contributed by atoms with Gasteiger partial charge in [0.15, 0.2) is 0 Å². The van der Waals surface area contributed by atoms with Gasteiger partial charge < -0.3 is 15.1 Å². The van der Waals surface area contributed by atoms with Crippen molar-refractivity contribution in [1.82, 2.24) is 9.97 Å². The Hall–Kier alpha value is -3.15. The van der Waals surface area contributed by atoms with Crippen molar-refractivity contribution >= 4 is 17.5 Å². The van der Waals surface area contributed by atoms with Crippen LogP contribution in [0.1, 0.15) is 52.8 Å². The standard InChI is InChI=1S/C21H24N4O2/c1-13(2)17-9-5-7-14(3)19(17)25-20(26)18-11-15(4)23-21(24-18)22-12-16-8-6-10-27-16/h5-11,13H,12H2,1-4H3,(H,25,26)(H,22,23,24). The van der Waals surface area contributed by atoms with Crippen LogP contribution in [0.2, 0.25) is 0 Å². The van der Waals surface area contributed by atoms with Crippen LogP contribution in [-0.2, 0) is 6.54 Å². The van der Waals surface area contributed by atoms with Crippen molar-refractivity contribution in [3.05, 3.63) is 70.9 Å². The molecular formula is C21H24N4O2. The second kappa shape index (κ2) is 8.03. The summed E-state index contributed by atoms with van der Waals surface area (Å²) in [5, 5.41) is 6.12. The lowest BCUT2D eigenvalue weighted by Crippen LogP contribution is -2.18. The predicted octanol–water partition coefficient (Wildman–Crippen LogP) is 4.67. The van der Waals surface area contributed by atoms with E-state index in [4.69, 9.17) is 4.42 Å². The van der Waals surface area contributed by atoms with Crippen LogP contribution < -0.4 is 10.6 Å². The number of amides is 1. The highest BCUT2D eigenvalue weighted by molar-refractivity contribution is 6.04. The van der Waals surface area contributed by atoms with Crippen LogP contribution in [-0.4, -0.2) is 15.9 Å². The van der Waals surface area contributed by atoms with Gasteiger partial charge in [-0.3, -0.25) is 4.79 Å². The van der Waals surface area contributed by atoms with Crippen molar-refractivity contribution in [2.24, 2.45) is 0 Å². The molecule has 140 valence electrons. The minimum Gasteiger partial charge on any atom is -0.467 e. The van der Waals surface area contributed by atoms with Gasteiger partial charge in [-0.05, 0) is 49.1 Å². The smallest absolute Gasteiger partial charge is 0.274 e. The number of para-hydroxylation sites is 1. The van der Waals surface area contributed by atoms with Gasteiger partial charge >= 0.3 is 0 Å². The molecule has 6 heteroatoms. The van der Waals surface area contributed by atoms with Crippen LogP contribution >= 0.6 is 0 Å². The lowest BCUT2D eigenvalue weighted by atomic mass is 9.98. The normalized spacial score (nSPS) is 10.9. The average Bonchev–Trinajstić information content (AvgIpc) is 3.14. The first-order valence-corrected chi connectivity index (χ1v) is 8.97. The summed E-state index contributed by atoms with van der Waals surface area (Å²) in [4.78, 5) is 21.5. The predicted molar refractivity (Wildman–Crippen MR) is 106 cm³/mol. The average molecular weight is 364 g/mol. The molecule has 0 aliphatic heterocycles. The number of hydrogen-bond acceptors (Lipinski definition) is 5. The number of rotatable bonds is 6. The quantitative estimate of drug-likeness (QED) is 0.664. The van der Waals surface area contributed by atoms with Gasteiger partial charge in [0.05, 0.1) is 12.8 Å². The molecule has 0 saturated carbocycles. The molecule has 2 aromatic heterocycles. The molecular weight excluding hydrogens is 340 g/mol. The third-order valence-electron chi connectivity index (χ3n) is 4.25. The van der Waals surface area contributed by atoms with Gasteiger partial charge in [0.2, 0.25) is 5.95 Å². The number of carbonyl (C=O) groups is 1. The van der Waals surface area contributed by atoms with Crippen LogP contribution in [0.4, 0.5) is 11.6 Å². The van der Waals surface area contributed by atoms with Crippen molar-refractivity contribution < 1.29 is 9.21 Å². The molecule has 0 aliphatic carbocycles. The molecule has 0 unspecified atom stereocenters. The number of anilines is 2. The van der Waals surface area contributed by atoms with Gasteiger partial charge in [0.1, 0.15) is 11.5 Å². The molecule has 0 saturated heterocycles. The van der Waals surface area contributed by atoms with E-state index >= 15 is 0 Å². The molecule has 0 fully saturated rings. The Morgan fingerprint density at radius 1 is 1.15 bits per heavy atom. The number of nitrogens with zero attached hydrogens (tertiary/aromatic N) is 2. The van der Waals surface area contributed by atoms with E-state index in [9.17, 15) is 4.79 Å². The zero-order chi connectivity index (χ0) is 19.4. The largest absolute Gasteiger partial charge is 0.467 e. The molecule has 0 radical (unpaired) electrons. The monoisotopic (exact) mass is 364 g/mol. The number of hydrogen-bond donors (Lipinski definition) is 2. The molecule has 0 atom stereocenters. The summed E-state index contributed by atoms with van der Waals surface area (Å²) in [7, 11) is 0. The maximum atomic E-state index is 12.8. The SMILES string of the molecule is Cc1cc(C(=O)Nc2c(C)cccc2C(C)C)nc(NCc2ccco2)n1. The second-order valence-electron chi connectivity index (χ2n) is 6.80. The van der Waals surface area contributed by atoms with Crippen LogP contribution in [0.15, 0.2) is 47.1 Å². The zero-order valence-electron chi connectivity index (χ0n) is 16.0. The van der Waals surface area contributed by atoms with Crippen molar-refractivity contribution in [1.29, 1.82) is 0 Å². The van der Waals surface area contributed by atoms with E-state index in [1.54, 1.807) is 12.3 Å². The number of aryl methyl sites for hydroxylation is 2. The van der Waals surface area contributed by atoms with E-state index in [1.165, 1.54) is 0 Å². The maximum absolute atomic E-state index is 12.8. The van der Waals surface area contributed by atoms with E-state index in [-0.39, 0.29) is 5.91 Å². The molecule has 2 heterocycles. The number of aromatic nitrogens is 2. The Morgan fingerprint density at radius 2 is 1.96 bits per heavy atom. The highest BCUT2D eigenvalue weighted by Gasteiger charge is 2.15. The minimum absolute atomic E-state index is 0.252. The first-order valence-electron chi connectivity index (χ1n) is 8.97. The van der Waals surface area contributed by atoms with E-state index in [2.05, 4.69) is 34.4 Å². The Labute approximate surface area is 159 Å². The summed E-state index contributed by atoms with van der Waals surface area (Å²) in [6.07, 6.45) is 1.61. The molecule has 1 amide bonds. The molecule has 3 rings (SSSR count). The summed E-state index contributed by atoms with van der Waals surface area (Å²) in [6.45, 7) is 8.49. The number of nitrogens with one attached hydrogen (secondary N) is 2. The van der Waals surface area contributed by atoms with Crippen molar-refractivity contribution in [3.63, 3.8) is 0 Å². The van der Waals surface area contributed by atoms with E-state index < -0.39 is 0 Å². The molecule has 6 nitrogen and oxygen atoms in total. The fourth-order valence-electron chi connectivity index (χ4n) is 2.86. The first-order chi connectivity index (χ1) is 12.9. The van der Waals surface area contributed by atoms with Crippen LogP contribution in [0.25, 0.3) is 0 Å². The Balaban J connectivity index is 1.81. The minimum atomic E-state index is -0.252. The van der Waals surface area contributed by atoms with Gasteiger partial charge in [0, 0.05) is 11.4 Å². The van der Waals surface area contributed by atoms with Crippen LogP contribution in [0, 0.1) is 13.8 Å². The summed E-state index contributed by atoms with van der Waals surface area (Å²) in [5.41, 5.74) is 4.01. The maximum Gasteiger partial charge on any atom is 0.274 e. The Morgan fingerprint density at radius 3 is 2.67 bits per heavy atom. The molecule has 0 spiro atoms. The third kappa shape index (κ3) is 4.53. The Kier molecular flexibility index (Phi) is 5.54. The highest BCUT2D eigenvalue weighted by Crippen LogP contribution is 2.27. The lowest BCUT2D eigenvalue weighted by Gasteiger charge is -2.16. The van der Waals surface area contributed by atoms with Crippen LogP contribution in [0.3, 0.4) is 0 Å². The molecule has 1 aromatic carbocycles. The number of furan rings is 1. The zero-order valence-corrected chi connectivity index (χ0v) is 16.0. The van der Waals surface area contributed by atoms with Gasteiger partial charge in [0.25, 0.3) is 5.91 Å². The van der Waals surface area contributed by atoms with E-state index in [0.717, 1.165) is 22.6 Å². The van der Waals surface area contributed by atoms with E-state index in [1.807, 2.05) is 44.2 Å². The lowest BCUT2D eigenvalue weighted by molar-refractivity contribution is 0.102. The van der Waals surface area contributed by atoms with Gasteiger partial charge in [-0.25, -0.2) is 9.97 Å². The fraction of sp³-hybridized carbons (Fsp3) is 0.286. The fourth-order valence-corrected chi connectivity index (χ4v) is 2.86. The third-order valence-corrected chi connectivity index (χ3v) is 4.25. The van der Waals surface area contributed by atoms with E-state index in [0.29, 0.717) is 29.8 Å². The number of carbonyl (C=O) groups excluding carboxylic acids is 1. The molecule has 0 aliphatic rings. The second-order valence-corrected chi connectivity index (χ2v) is 6.80. The van der Waals surface area contributed by atoms with Crippen molar-refractivity contribution in [3.8, 4) is 0 Å². The van der Waals surface area contributed by atoms with Gasteiger partial charge in [-0.2, -0.15) is 0 Å². The molecule has 27 heavy (non-hydrogen) atoms. The van der Waals surface area contributed by atoms with Gasteiger partial charge in [-0.15, -0.1) is 0 Å². The summed E-state index contributed by atoms with van der Waals surface area (Å²) in [6, 6.07) is 11.4. The van der Waals surface area contributed by atoms with Gasteiger partial charge in [-0.1, -0.05) is 32.0 Å². The summed E-state index contributed by atoms with van der Waals surface area (Å²) < 4.78 is 5.29. The topological polar surface area (TPSA) is 80.0 Å². The highest BCUT2D eigenvalue weighted by atomic mass is 16.3. The summed E-state index contributed by atoms with van der Waals surface area (Å²) in [5.74, 6) is 1.22. The molecule has 3 aromatic rings. The van der Waals surface area contributed by atoms with Crippen molar-refractivity contribution in [2.75, 3.05) is 10.6 Å². The summed E-state index contributed by atoms with van der Waals surface area (Å²) >= 11 is 0. The molecule has 2 N–H and O–H groups in total. The van der Waals surface area contributed by atoms with Crippen LogP contribution in [0.5, 0.6) is 0 Å².